The van der Waals surface area contributed by atoms with Crippen molar-refractivity contribution in [2.24, 2.45) is 0 Å². The fourth-order valence-corrected chi connectivity index (χ4v) is 2.75. The summed E-state index contributed by atoms with van der Waals surface area (Å²) < 4.78 is 25.8. The van der Waals surface area contributed by atoms with Gasteiger partial charge < -0.3 is 5.32 Å². The topological polar surface area (TPSA) is 92.3 Å². The summed E-state index contributed by atoms with van der Waals surface area (Å²) in [6, 6.07) is 7.77. The first-order valence-electron chi connectivity index (χ1n) is 6.77. The highest BCUT2D eigenvalue weighted by Crippen LogP contribution is 2.08. The second-order valence-corrected chi connectivity index (χ2v) is 6.32. The van der Waals surface area contributed by atoms with Crippen LogP contribution in [-0.4, -0.2) is 26.8 Å². The van der Waals surface area contributed by atoms with Crippen LogP contribution in [0.25, 0.3) is 0 Å². The summed E-state index contributed by atoms with van der Waals surface area (Å²) >= 11 is 0. The van der Waals surface area contributed by atoms with Gasteiger partial charge in [0.05, 0.1) is 4.90 Å². The van der Waals surface area contributed by atoms with Crippen LogP contribution in [-0.2, 0) is 19.6 Å². The first-order valence-corrected chi connectivity index (χ1v) is 8.25. The van der Waals surface area contributed by atoms with E-state index in [1.165, 1.54) is 19.1 Å². The van der Waals surface area contributed by atoms with E-state index in [9.17, 15) is 18.0 Å². The molecule has 0 aliphatic heterocycles. The third-order valence-electron chi connectivity index (χ3n) is 2.76. The molecule has 7 heteroatoms. The van der Waals surface area contributed by atoms with E-state index in [2.05, 4.69) is 5.32 Å². The first-order chi connectivity index (χ1) is 9.92. The summed E-state index contributed by atoms with van der Waals surface area (Å²) in [7, 11) is -3.77. The van der Waals surface area contributed by atoms with E-state index in [0.29, 0.717) is 13.0 Å². The standard InChI is InChI=1S/C14H20N2O4S/c1-12(17)15-11-7-3-6-10-14(18)16-21(19,20)13-8-4-2-5-9-13/h2,4-5,8-9H,3,6-7,10-11H2,1H3,(H,15,17)(H,16,18). The van der Waals surface area contributed by atoms with Crippen LogP contribution in [0.4, 0.5) is 0 Å². The number of hydrogen-bond acceptors (Lipinski definition) is 4. The van der Waals surface area contributed by atoms with Crippen LogP contribution in [0.2, 0.25) is 0 Å². The highest BCUT2D eigenvalue weighted by atomic mass is 32.2. The molecule has 0 bridgehead atoms. The lowest BCUT2D eigenvalue weighted by molar-refractivity contribution is -0.120. The number of unbranched alkanes of at least 4 members (excludes halogenated alkanes) is 2. The summed E-state index contributed by atoms with van der Waals surface area (Å²) in [5.74, 6) is -0.597. The molecule has 21 heavy (non-hydrogen) atoms. The molecule has 0 aromatic heterocycles. The van der Waals surface area contributed by atoms with Gasteiger partial charge in [0, 0.05) is 19.9 Å². The Kier molecular flexibility index (Phi) is 6.87. The third-order valence-corrected chi connectivity index (χ3v) is 4.15. The molecule has 6 nitrogen and oxygen atoms in total. The second kappa shape index (κ2) is 8.41. The quantitative estimate of drug-likeness (QED) is 0.705. The van der Waals surface area contributed by atoms with Crippen LogP contribution in [0.15, 0.2) is 35.2 Å². The minimum absolute atomic E-state index is 0.0732. The van der Waals surface area contributed by atoms with E-state index in [1.54, 1.807) is 18.2 Å². The van der Waals surface area contributed by atoms with Crippen LogP contribution < -0.4 is 10.0 Å². The molecule has 1 rings (SSSR count). The molecule has 0 radical (unpaired) electrons. The predicted octanol–water partition coefficient (Wildman–Crippen LogP) is 1.19. The lowest BCUT2D eigenvalue weighted by Crippen LogP contribution is -2.30. The van der Waals surface area contributed by atoms with E-state index in [0.717, 1.165) is 12.8 Å². The number of benzene rings is 1. The molecule has 0 saturated carbocycles. The minimum Gasteiger partial charge on any atom is -0.356 e. The molecule has 0 atom stereocenters. The van der Waals surface area contributed by atoms with Crippen molar-refractivity contribution in [3.8, 4) is 0 Å². The molecule has 2 N–H and O–H groups in total. The number of sulfonamides is 1. The molecule has 0 aliphatic rings. The number of hydrogen-bond donors (Lipinski definition) is 2. The molecule has 0 heterocycles. The van der Waals surface area contributed by atoms with Crippen LogP contribution in [0.5, 0.6) is 0 Å². The lowest BCUT2D eigenvalue weighted by Gasteiger charge is -2.07. The average molecular weight is 312 g/mol. The number of amides is 2. The normalized spacial score (nSPS) is 10.9. The smallest absolute Gasteiger partial charge is 0.264 e. The van der Waals surface area contributed by atoms with Crippen LogP contribution in [0.3, 0.4) is 0 Å². The van der Waals surface area contributed by atoms with Gasteiger partial charge in [0.2, 0.25) is 11.8 Å². The first kappa shape index (κ1) is 17.2. The highest BCUT2D eigenvalue weighted by molar-refractivity contribution is 7.90. The van der Waals surface area contributed by atoms with Gasteiger partial charge in [0.25, 0.3) is 10.0 Å². The summed E-state index contributed by atoms with van der Waals surface area (Å²) in [5, 5.41) is 2.66. The molecule has 0 saturated heterocycles. The van der Waals surface area contributed by atoms with Crippen molar-refractivity contribution in [1.29, 1.82) is 0 Å². The van der Waals surface area contributed by atoms with E-state index in [1.807, 2.05) is 4.72 Å². The molecule has 0 spiro atoms. The third kappa shape index (κ3) is 6.89. The second-order valence-electron chi connectivity index (χ2n) is 4.64. The zero-order chi connectivity index (χ0) is 15.7. The minimum atomic E-state index is -3.77. The van der Waals surface area contributed by atoms with Crippen molar-refractivity contribution in [3.63, 3.8) is 0 Å². The summed E-state index contributed by atoms with van der Waals surface area (Å²) in [6.07, 6.45) is 2.24. The van der Waals surface area contributed by atoms with Gasteiger partial charge in [0.15, 0.2) is 0 Å². The van der Waals surface area contributed by atoms with Crippen molar-refractivity contribution in [2.45, 2.75) is 37.5 Å². The van der Waals surface area contributed by atoms with Crippen molar-refractivity contribution in [3.05, 3.63) is 30.3 Å². The Bertz CT molecular complexity index is 570. The Morgan fingerprint density at radius 1 is 1.05 bits per heavy atom. The molecule has 0 fully saturated rings. The van der Waals surface area contributed by atoms with Crippen LogP contribution in [0.1, 0.15) is 32.6 Å². The van der Waals surface area contributed by atoms with E-state index in [-0.39, 0.29) is 17.2 Å². The van der Waals surface area contributed by atoms with Crippen molar-refractivity contribution >= 4 is 21.8 Å². The van der Waals surface area contributed by atoms with Gasteiger partial charge in [-0.3, -0.25) is 9.59 Å². The van der Waals surface area contributed by atoms with Crippen molar-refractivity contribution in [2.75, 3.05) is 6.54 Å². The Hall–Kier alpha value is -1.89. The fraction of sp³-hybridized carbons (Fsp3) is 0.429. The Morgan fingerprint density at radius 2 is 1.71 bits per heavy atom. The van der Waals surface area contributed by atoms with Gasteiger partial charge in [-0.05, 0) is 25.0 Å². The molecular formula is C14H20N2O4S. The van der Waals surface area contributed by atoms with Gasteiger partial charge >= 0.3 is 0 Å². The van der Waals surface area contributed by atoms with E-state index < -0.39 is 15.9 Å². The Morgan fingerprint density at radius 3 is 2.33 bits per heavy atom. The van der Waals surface area contributed by atoms with E-state index >= 15 is 0 Å². The largest absolute Gasteiger partial charge is 0.356 e. The summed E-state index contributed by atoms with van der Waals surface area (Å²) in [6.45, 7) is 2.02. The van der Waals surface area contributed by atoms with Gasteiger partial charge in [-0.1, -0.05) is 24.6 Å². The summed E-state index contributed by atoms with van der Waals surface area (Å²) in [4.78, 5) is 22.3. The zero-order valence-corrected chi connectivity index (χ0v) is 12.8. The highest BCUT2D eigenvalue weighted by Gasteiger charge is 2.16. The molecule has 1 aromatic carbocycles. The Labute approximate surface area is 125 Å². The van der Waals surface area contributed by atoms with Gasteiger partial charge in [0.1, 0.15) is 0 Å². The van der Waals surface area contributed by atoms with Crippen LogP contribution in [0, 0.1) is 0 Å². The maximum Gasteiger partial charge on any atom is 0.264 e. The van der Waals surface area contributed by atoms with Gasteiger partial charge in [-0.15, -0.1) is 0 Å². The number of nitrogens with one attached hydrogen (secondary N) is 2. The van der Waals surface area contributed by atoms with Crippen molar-refractivity contribution in [1.82, 2.24) is 10.0 Å². The molecule has 0 unspecified atom stereocenters. The Balaban J connectivity index is 2.29. The number of carbonyl (C=O) groups excluding carboxylic acids is 2. The monoisotopic (exact) mass is 312 g/mol. The summed E-state index contributed by atoms with van der Waals surface area (Å²) in [5.41, 5.74) is 0. The molecule has 2 amide bonds. The number of carbonyl (C=O) groups is 2. The molecule has 0 aliphatic carbocycles. The lowest BCUT2D eigenvalue weighted by atomic mass is 10.2. The van der Waals surface area contributed by atoms with Gasteiger partial charge in [-0.25, -0.2) is 13.1 Å². The SMILES string of the molecule is CC(=O)NCCCCCC(=O)NS(=O)(=O)c1ccccc1. The average Bonchev–Trinajstić information content (AvgIpc) is 2.43. The van der Waals surface area contributed by atoms with Crippen molar-refractivity contribution < 1.29 is 18.0 Å². The van der Waals surface area contributed by atoms with Crippen LogP contribution >= 0.6 is 0 Å². The molecule has 116 valence electrons. The van der Waals surface area contributed by atoms with Gasteiger partial charge in [-0.2, -0.15) is 0 Å². The number of rotatable bonds is 8. The predicted molar refractivity (Wildman–Crippen MR) is 78.9 cm³/mol. The molecule has 1 aromatic rings. The molecular weight excluding hydrogens is 292 g/mol. The maximum absolute atomic E-state index is 11.9. The fourth-order valence-electron chi connectivity index (χ4n) is 1.71. The van der Waals surface area contributed by atoms with E-state index in [4.69, 9.17) is 0 Å². The zero-order valence-electron chi connectivity index (χ0n) is 12.0. The maximum atomic E-state index is 11.9.